The smallest absolute Gasteiger partial charge is 0.407 e. The van der Waals surface area contributed by atoms with E-state index in [1.54, 1.807) is 13.8 Å². The maximum Gasteiger partial charge on any atom is 0.407 e. The molecule has 0 aliphatic carbocycles. The van der Waals surface area contributed by atoms with Crippen LogP contribution in [0.5, 0.6) is 5.75 Å². The third-order valence-electron chi connectivity index (χ3n) is 4.60. The molecule has 1 aliphatic heterocycles. The Balaban J connectivity index is 1.87. The fraction of sp³-hybridized carbons (Fsp3) is 0.600. The van der Waals surface area contributed by atoms with Gasteiger partial charge in [-0.15, -0.1) is 0 Å². The van der Waals surface area contributed by atoms with Gasteiger partial charge in [0.2, 0.25) is 0 Å². The second kappa shape index (κ2) is 9.46. The molecule has 2 rings (SSSR count). The van der Waals surface area contributed by atoms with Gasteiger partial charge in [-0.3, -0.25) is 4.79 Å². The Hall–Kier alpha value is -2.24. The lowest BCUT2D eigenvalue weighted by atomic mass is 10.0. The van der Waals surface area contributed by atoms with Gasteiger partial charge in [0.15, 0.2) is 6.10 Å². The number of nitrogens with one attached hydrogen (secondary N) is 1. The number of benzene rings is 1. The molecule has 6 heteroatoms. The average Bonchev–Trinajstić information content (AvgIpc) is 2.62. The van der Waals surface area contributed by atoms with Gasteiger partial charge in [0.05, 0.1) is 6.61 Å². The van der Waals surface area contributed by atoms with Crippen LogP contribution in [0.2, 0.25) is 0 Å². The van der Waals surface area contributed by atoms with Crippen LogP contribution in [0.1, 0.15) is 52.0 Å². The Labute approximate surface area is 155 Å². The van der Waals surface area contributed by atoms with Crippen molar-refractivity contribution in [3.05, 3.63) is 29.8 Å². The molecule has 1 N–H and O–H groups in total. The lowest BCUT2D eigenvalue weighted by Gasteiger charge is -2.33. The minimum absolute atomic E-state index is 0.0156. The largest absolute Gasteiger partial charge is 0.481 e. The summed E-state index contributed by atoms with van der Waals surface area (Å²) in [5.74, 6) is 1.08. The van der Waals surface area contributed by atoms with E-state index in [2.05, 4.69) is 19.2 Å². The molecule has 1 aliphatic rings. The van der Waals surface area contributed by atoms with E-state index in [0.717, 1.165) is 24.2 Å². The molecule has 2 amide bonds. The van der Waals surface area contributed by atoms with Gasteiger partial charge in [-0.05, 0) is 44.2 Å². The summed E-state index contributed by atoms with van der Waals surface area (Å²) in [7, 11) is 0. The zero-order chi connectivity index (χ0) is 19.1. The van der Waals surface area contributed by atoms with Crippen molar-refractivity contribution in [3.8, 4) is 5.75 Å². The van der Waals surface area contributed by atoms with Crippen LogP contribution < -0.4 is 10.1 Å². The quantitative estimate of drug-likeness (QED) is 0.843. The fourth-order valence-corrected chi connectivity index (χ4v) is 3.15. The lowest BCUT2D eigenvalue weighted by molar-refractivity contribution is -0.139. The van der Waals surface area contributed by atoms with E-state index < -0.39 is 6.10 Å². The number of ether oxygens (including phenoxy) is 2. The van der Waals surface area contributed by atoms with Gasteiger partial charge in [-0.25, -0.2) is 4.79 Å². The van der Waals surface area contributed by atoms with Crippen molar-refractivity contribution in [2.75, 3.05) is 19.7 Å². The number of hydrogen-bond acceptors (Lipinski definition) is 4. The molecule has 144 valence electrons. The number of carbonyl (C=O) groups is 2. The summed E-state index contributed by atoms with van der Waals surface area (Å²) in [5.41, 5.74) is 1.10. The van der Waals surface area contributed by atoms with E-state index in [-0.39, 0.29) is 18.0 Å². The van der Waals surface area contributed by atoms with Crippen molar-refractivity contribution in [1.29, 1.82) is 0 Å². The molecule has 1 fully saturated rings. The molecule has 0 saturated carbocycles. The van der Waals surface area contributed by atoms with Crippen LogP contribution in [0.15, 0.2) is 24.3 Å². The standard InChI is InChI=1S/C20H30N2O4/c1-5-25-20(24)21-16-10-12-22(13-11-16)19(23)15(4)26-18-9-7-6-8-17(18)14(2)3/h6-9,14-16H,5,10-13H2,1-4H3,(H,21,24). The van der Waals surface area contributed by atoms with Gasteiger partial charge in [-0.1, -0.05) is 32.0 Å². The van der Waals surface area contributed by atoms with Crippen molar-refractivity contribution >= 4 is 12.0 Å². The minimum Gasteiger partial charge on any atom is -0.481 e. The summed E-state index contributed by atoms with van der Waals surface area (Å²) in [4.78, 5) is 26.0. The molecule has 26 heavy (non-hydrogen) atoms. The monoisotopic (exact) mass is 362 g/mol. The van der Waals surface area contributed by atoms with Gasteiger partial charge in [0.25, 0.3) is 5.91 Å². The number of hydrogen-bond donors (Lipinski definition) is 1. The predicted octanol–water partition coefficient (Wildman–Crippen LogP) is 3.31. The van der Waals surface area contributed by atoms with Crippen molar-refractivity contribution in [2.24, 2.45) is 0 Å². The van der Waals surface area contributed by atoms with Gasteiger partial charge >= 0.3 is 6.09 Å². The highest BCUT2D eigenvalue weighted by molar-refractivity contribution is 5.81. The van der Waals surface area contributed by atoms with Crippen LogP contribution >= 0.6 is 0 Å². The molecule has 1 saturated heterocycles. The summed E-state index contributed by atoms with van der Waals surface area (Å²) in [6, 6.07) is 7.90. The lowest BCUT2D eigenvalue weighted by Crippen LogP contribution is -2.49. The van der Waals surface area contributed by atoms with E-state index in [4.69, 9.17) is 9.47 Å². The van der Waals surface area contributed by atoms with Gasteiger partial charge in [-0.2, -0.15) is 0 Å². The van der Waals surface area contributed by atoms with E-state index in [1.807, 2.05) is 29.2 Å². The maximum absolute atomic E-state index is 12.7. The molecule has 1 aromatic carbocycles. The molecule has 0 aromatic heterocycles. The van der Waals surface area contributed by atoms with Gasteiger partial charge in [0.1, 0.15) is 5.75 Å². The third kappa shape index (κ3) is 5.38. The summed E-state index contributed by atoms with van der Waals surface area (Å²) in [6.07, 6.45) is 0.517. The average molecular weight is 362 g/mol. The predicted molar refractivity (Wildman–Crippen MR) is 100 cm³/mol. The Morgan fingerprint density at radius 1 is 1.19 bits per heavy atom. The Kier molecular flexibility index (Phi) is 7.30. The molecule has 1 atom stereocenters. The van der Waals surface area contributed by atoms with Crippen LogP contribution in [0.3, 0.4) is 0 Å². The molecular weight excluding hydrogens is 332 g/mol. The molecule has 1 aromatic rings. The number of para-hydroxylation sites is 1. The Morgan fingerprint density at radius 3 is 2.46 bits per heavy atom. The number of nitrogens with zero attached hydrogens (tertiary/aromatic N) is 1. The number of amides is 2. The first kappa shape index (κ1) is 20.1. The molecule has 0 radical (unpaired) electrons. The van der Waals surface area contributed by atoms with Crippen LogP contribution in [-0.2, 0) is 9.53 Å². The Morgan fingerprint density at radius 2 is 1.85 bits per heavy atom. The number of likely N-dealkylation sites (tertiary alicyclic amines) is 1. The number of piperidine rings is 1. The highest BCUT2D eigenvalue weighted by Gasteiger charge is 2.28. The first-order valence-electron chi connectivity index (χ1n) is 9.40. The summed E-state index contributed by atoms with van der Waals surface area (Å²) >= 11 is 0. The second-order valence-electron chi connectivity index (χ2n) is 6.92. The summed E-state index contributed by atoms with van der Waals surface area (Å²) in [6.45, 7) is 9.36. The zero-order valence-electron chi connectivity index (χ0n) is 16.2. The van der Waals surface area contributed by atoms with Crippen molar-refractivity contribution < 1.29 is 19.1 Å². The van der Waals surface area contributed by atoms with E-state index in [0.29, 0.717) is 25.6 Å². The topological polar surface area (TPSA) is 67.9 Å². The number of carbonyl (C=O) groups excluding carboxylic acids is 2. The van der Waals surface area contributed by atoms with Crippen LogP contribution in [0.25, 0.3) is 0 Å². The van der Waals surface area contributed by atoms with E-state index in [9.17, 15) is 9.59 Å². The molecule has 1 unspecified atom stereocenters. The molecule has 0 bridgehead atoms. The van der Waals surface area contributed by atoms with E-state index in [1.165, 1.54) is 0 Å². The summed E-state index contributed by atoms with van der Waals surface area (Å²) < 4.78 is 10.9. The molecule has 0 spiro atoms. The van der Waals surface area contributed by atoms with Gasteiger partial charge < -0.3 is 19.7 Å². The minimum atomic E-state index is -0.538. The maximum atomic E-state index is 12.7. The highest BCUT2D eigenvalue weighted by Crippen LogP contribution is 2.27. The molecular formula is C20H30N2O4. The van der Waals surface area contributed by atoms with Crippen LogP contribution in [0.4, 0.5) is 4.79 Å². The normalized spacial score (nSPS) is 16.3. The van der Waals surface area contributed by atoms with Crippen molar-refractivity contribution in [3.63, 3.8) is 0 Å². The number of alkyl carbamates (subject to hydrolysis) is 1. The van der Waals surface area contributed by atoms with Crippen LogP contribution in [0, 0.1) is 0 Å². The van der Waals surface area contributed by atoms with Crippen molar-refractivity contribution in [1.82, 2.24) is 10.2 Å². The molecule has 1 heterocycles. The second-order valence-corrected chi connectivity index (χ2v) is 6.92. The first-order chi connectivity index (χ1) is 12.4. The van der Waals surface area contributed by atoms with Crippen molar-refractivity contribution in [2.45, 2.75) is 58.6 Å². The first-order valence-corrected chi connectivity index (χ1v) is 9.40. The van der Waals surface area contributed by atoms with E-state index >= 15 is 0 Å². The van der Waals surface area contributed by atoms with Gasteiger partial charge in [0, 0.05) is 19.1 Å². The number of rotatable bonds is 6. The SMILES string of the molecule is CCOC(=O)NC1CCN(C(=O)C(C)Oc2ccccc2C(C)C)CC1. The summed E-state index contributed by atoms with van der Waals surface area (Å²) in [5, 5.41) is 2.84. The van der Waals surface area contributed by atoms with Crippen LogP contribution in [-0.4, -0.2) is 48.7 Å². The molecule has 6 nitrogen and oxygen atoms in total. The third-order valence-corrected chi connectivity index (χ3v) is 4.60. The zero-order valence-corrected chi connectivity index (χ0v) is 16.2. The highest BCUT2D eigenvalue weighted by atomic mass is 16.5. The Bertz CT molecular complexity index is 610. The fourth-order valence-electron chi connectivity index (χ4n) is 3.15.